The predicted molar refractivity (Wildman–Crippen MR) is 70.6 cm³/mol. The maximum atomic E-state index is 6.12. The zero-order valence-corrected chi connectivity index (χ0v) is 10.8. The monoisotopic (exact) mass is 233 g/mol. The number of hydrogen-bond donors (Lipinski definition) is 1. The highest BCUT2D eigenvalue weighted by atomic mass is 15.2. The maximum absolute atomic E-state index is 6.12. The molecule has 0 aromatic carbocycles. The van der Waals surface area contributed by atoms with Crippen molar-refractivity contribution in [3.05, 3.63) is 30.1 Å². The molecule has 3 atom stereocenters. The normalized spacial score (nSPS) is 25.5. The highest BCUT2D eigenvalue weighted by molar-refractivity contribution is 5.14. The summed E-state index contributed by atoms with van der Waals surface area (Å²) in [4.78, 5) is 6.76. The minimum absolute atomic E-state index is 0.245. The molecule has 94 valence electrons. The molecule has 0 aliphatic carbocycles. The molecule has 0 spiro atoms. The van der Waals surface area contributed by atoms with Crippen molar-refractivity contribution in [2.24, 2.45) is 5.73 Å². The summed E-state index contributed by atoms with van der Waals surface area (Å²) >= 11 is 0. The highest BCUT2D eigenvalue weighted by Crippen LogP contribution is 2.28. The van der Waals surface area contributed by atoms with Crippen molar-refractivity contribution in [1.82, 2.24) is 9.88 Å². The SMILES string of the molecule is CC(N)C1CCCCN1C(C)c1cccnc1. The van der Waals surface area contributed by atoms with E-state index in [0.29, 0.717) is 12.1 Å². The van der Waals surface area contributed by atoms with Crippen LogP contribution < -0.4 is 5.73 Å². The van der Waals surface area contributed by atoms with Crippen LogP contribution in [0.15, 0.2) is 24.5 Å². The first kappa shape index (κ1) is 12.5. The molecule has 3 nitrogen and oxygen atoms in total. The van der Waals surface area contributed by atoms with Crippen LogP contribution in [0, 0.1) is 0 Å². The summed E-state index contributed by atoms with van der Waals surface area (Å²) in [5.41, 5.74) is 7.41. The number of hydrogen-bond acceptors (Lipinski definition) is 3. The quantitative estimate of drug-likeness (QED) is 0.871. The number of rotatable bonds is 3. The van der Waals surface area contributed by atoms with Crippen molar-refractivity contribution in [3.63, 3.8) is 0 Å². The molecule has 1 fully saturated rings. The van der Waals surface area contributed by atoms with E-state index < -0.39 is 0 Å². The minimum atomic E-state index is 0.245. The van der Waals surface area contributed by atoms with E-state index in [0.717, 1.165) is 6.54 Å². The van der Waals surface area contributed by atoms with Crippen molar-refractivity contribution in [2.75, 3.05) is 6.54 Å². The van der Waals surface area contributed by atoms with Crippen LogP contribution in [-0.4, -0.2) is 28.5 Å². The van der Waals surface area contributed by atoms with Crippen LogP contribution >= 0.6 is 0 Å². The fourth-order valence-corrected chi connectivity index (χ4v) is 2.84. The zero-order valence-electron chi connectivity index (χ0n) is 10.8. The molecule has 1 saturated heterocycles. The molecule has 0 saturated carbocycles. The standard InChI is InChI=1S/C14H23N3/c1-11(15)14-7-3-4-9-17(14)12(2)13-6-5-8-16-10-13/h5-6,8,10-12,14H,3-4,7,9,15H2,1-2H3. The lowest BCUT2D eigenvalue weighted by molar-refractivity contribution is 0.0888. The molecule has 0 bridgehead atoms. The topological polar surface area (TPSA) is 42.1 Å². The second-order valence-electron chi connectivity index (χ2n) is 5.12. The molecule has 2 heterocycles. The average Bonchev–Trinajstić information content (AvgIpc) is 2.39. The summed E-state index contributed by atoms with van der Waals surface area (Å²) in [6.07, 6.45) is 7.62. The van der Waals surface area contributed by atoms with Crippen LogP contribution in [0.1, 0.15) is 44.7 Å². The average molecular weight is 233 g/mol. The number of aromatic nitrogens is 1. The lowest BCUT2D eigenvalue weighted by Crippen LogP contribution is -2.49. The lowest BCUT2D eigenvalue weighted by Gasteiger charge is -2.42. The molecular formula is C14H23N3. The van der Waals surface area contributed by atoms with Crippen LogP contribution in [-0.2, 0) is 0 Å². The van der Waals surface area contributed by atoms with Crippen molar-refractivity contribution >= 4 is 0 Å². The lowest BCUT2D eigenvalue weighted by atomic mass is 9.94. The Hall–Kier alpha value is -0.930. The number of pyridine rings is 1. The van der Waals surface area contributed by atoms with Crippen LogP contribution in [0.3, 0.4) is 0 Å². The van der Waals surface area contributed by atoms with Gasteiger partial charge in [0.15, 0.2) is 0 Å². The van der Waals surface area contributed by atoms with Gasteiger partial charge in [0.05, 0.1) is 0 Å². The fourth-order valence-electron chi connectivity index (χ4n) is 2.84. The smallest absolute Gasteiger partial charge is 0.0338 e. The molecular weight excluding hydrogens is 210 g/mol. The summed E-state index contributed by atoms with van der Waals surface area (Å²) in [5, 5.41) is 0. The van der Waals surface area contributed by atoms with E-state index in [2.05, 4.69) is 29.8 Å². The molecule has 3 heteroatoms. The van der Waals surface area contributed by atoms with Crippen LogP contribution in [0.25, 0.3) is 0 Å². The molecule has 1 aliphatic heterocycles. The summed E-state index contributed by atoms with van der Waals surface area (Å²) < 4.78 is 0. The van der Waals surface area contributed by atoms with E-state index >= 15 is 0 Å². The first-order valence-electron chi connectivity index (χ1n) is 6.61. The molecule has 1 aromatic heterocycles. The fraction of sp³-hybridized carbons (Fsp3) is 0.643. The van der Waals surface area contributed by atoms with E-state index in [1.165, 1.54) is 24.8 Å². The maximum Gasteiger partial charge on any atom is 0.0338 e. The van der Waals surface area contributed by atoms with Gasteiger partial charge in [-0.1, -0.05) is 12.5 Å². The molecule has 0 radical (unpaired) electrons. The number of nitrogens with two attached hydrogens (primary N) is 1. The van der Waals surface area contributed by atoms with Crippen LogP contribution in [0.4, 0.5) is 0 Å². The molecule has 2 N–H and O–H groups in total. The predicted octanol–water partition coefficient (Wildman–Crippen LogP) is 2.34. The number of nitrogens with zero attached hydrogens (tertiary/aromatic N) is 2. The number of likely N-dealkylation sites (tertiary alicyclic amines) is 1. The summed E-state index contributed by atoms with van der Waals surface area (Å²) in [5.74, 6) is 0. The molecule has 2 rings (SSSR count). The third kappa shape index (κ3) is 2.85. The van der Waals surface area contributed by atoms with Gasteiger partial charge >= 0.3 is 0 Å². The Morgan fingerprint density at radius 2 is 2.24 bits per heavy atom. The van der Waals surface area contributed by atoms with Crippen molar-refractivity contribution in [3.8, 4) is 0 Å². The Labute approximate surface area is 104 Å². The van der Waals surface area contributed by atoms with Crippen molar-refractivity contribution in [1.29, 1.82) is 0 Å². The Morgan fingerprint density at radius 1 is 1.41 bits per heavy atom. The van der Waals surface area contributed by atoms with Gasteiger partial charge in [0.25, 0.3) is 0 Å². The van der Waals surface area contributed by atoms with Gasteiger partial charge in [0.2, 0.25) is 0 Å². The van der Waals surface area contributed by atoms with E-state index in [-0.39, 0.29) is 6.04 Å². The zero-order chi connectivity index (χ0) is 12.3. The highest BCUT2D eigenvalue weighted by Gasteiger charge is 2.29. The Morgan fingerprint density at radius 3 is 2.88 bits per heavy atom. The minimum Gasteiger partial charge on any atom is -0.327 e. The molecule has 1 aromatic rings. The second-order valence-corrected chi connectivity index (χ2v) is 5.12. The van der Waals surface area contributed by atoms with Gasteiger partial charge in [-0.3, -0.25) is 9.88 Å². The van der Waals surface area contributed by atoms with Gasteiger partial charge in [-0.15, -0.1) is 0 Å². The molecule has 17 heavy (non-hydrogen) atoms. The van der Waals surface area contributed by atoms with Gasteiger partial charge in [-0.25, -0.2) is 0 Å². The van der Waals surface area contributed by atoms with Gasteiger partial charge in [-0.05, 0) is 44.9 Å². The van der Waals surface area contributed by atoms with Gasteiger partial charge in [-0.2, -0.15) is 0 Å². The van der Waals surface area contributed by atoms with Gasteiger partial charge in [0, 0.05) is 30.5 Å². The summed E-state index contributed by atoms with van der Waals surface area (Å²) in [7, 11) is 0. The molecule has 1 aliphatic rings. The van der Waals surface area contributed by atoms with Crippen LogP contribution in [0.2, 0.25) is 0 Å². The second kappa shape index (κ2) is 5.61. The van der Waals surface area contributed by atoms with Gasteiger partial charge < -0.3 is 5.73 Å². The first-order chi connectivity index (χ1) is 8.20. The Kier molecular flexibility index (Phi) is 4.13. The van der Waals surface area contributed by atoms with E-state index in [9.17, 15) is 0 Å². The Balaban J connectivity index is 2.14. The molecule has 3 unspecified atom stereocenters. The third-order valence-electron chi connectivity index (χ3n) is 3.86. The van der Waals surface area contributed by atoms with E-state index in [4.69, 9.17) is 5.73 Å². The van der Waals surface area contributed by atoms with Crippen LogP contribution in [0.5, 0.6) is 0 Å². The number of piperidine rings is 1. The first-order valence-corrected chi connectivity index (χ1v) is 6.61. The summed E-state index contributed by atoms with van der Waals surface area (Å²) in [6.45, 7) is 5.54. The Bertz CT molecular complexity index is 337. The summed E-state index contributed by atoms with van der Waals surface area (Å²) in [6, 6.07) is 5.34. The van der Waals surface area contributed by atoms with E-state index in [1.807, 2.05) is 18.5 Å². The van der Waals surface area contributed by atoms with E-state index in [1.54, 1.807) is 0 Å². The third-order valence-corrected chi connectivity index (χ3v) is 3.86. The van der Waals surface area contributed by atoms with Crippen molar-refractivity contribution < 1.29 is 0 Å². The van der Waals surface area contributed by atoms with Gasteiger partial charge in [0.1, 0.15) is 0 Å². The van der Waals surface area contributed by atoms with Crippen molar-refractivity contribution in [2.45, 2.75) is 51.2 Å². The molecule has 0 amide bonds. The largest absolute Gasteiger partial charge is 0.327 e.